The highest BCUT2D eigenvalue weighted by Crippen LogP contribution is 2.34. The summed E-state index contributed by atoms with van der Waals surface area (Å²) in [6, 6.07) is 2.22. The van der Waals surface area contributed by atoms with Crippen molar-refractivity contribution in [2.45, 2.75) is 31.6 Å². The summed E-state index contributed by atoms with van der Waals surface area (Å²) >= 11 is 0. The summed E-state index contributed by atoms with van der Waals surface area (Å²) < 4.78 is 52.0. The fourth-order valence-electron chi connectivity index (χ4n) is 2.65. The van der Waals surface area contributed by atoms with Crippen molar-refractivity contribution in [3.05, 3.63) is 35.1 Å². The third-order valence-corrected chi connectivity index (χ3v) is 3.66. The minimum atomic E-state index is -4.61. The topological polar surface area (TPSA) is 32.3 Å². The highest BCUT2D eigenvalue weighted by Gasteiger charge is 2.36. The summed E-state index contributed by atoms with van der Waals surface area (Å²) in [5, 5.41) is 2.51. The average molecular weight is 304 g/mol. The van der Waals surface area contributed by atoms with Gasteiger partial charge in [-0.2, -0.15) is 13.2 Å². The number of likely N-dealkylation sites (tertiary alicyclic amines) is 1. The number of halogens is 4. The maximum Gasteiger partial charge on any atom is 0.416 e. The Morgan fingerprint density at radius 1 is 1.43 bits per heavy atom. The molecule has 7 heteroatoms. The quantitative estimate of drug-likeness (QED) is 0.871. The Morgan fingerprint density at radius 2 is 2.14 bits per heavy atom. The van der Waals surface area contributed by atoms with Gasteiger partial charge in [0.15, 0.2) is 0 Å². The second kappa shape index (κ2) is 6.01. The highest BCUT2D eigenvalue weighted by molar-refractivity contribution is 5.81. The predicted octanol–water partition coefficient (Wildman–Crippen LogP) is 2.55. The molecule has 1 N–H and O–H groups in total. The molecular weight excluding hydrogens is 288 g/mol. The molecular formula is C14H16F4N2O. The molecule has 1 aliphatic rings. The lowest BCUT2D eigenvalue weighted by Crippen LogP contribution is -2.41. The maximum absolute atomic E-state index is 13.1. The van der Waals surface area contributed by atoms with Crippen molar-refractivity contribution in [3.63, 3.8) is 0 Å². The molecule has 1 atom stereocenters. The molecule has 1 saturated heterocycles. The van der Waals surface area contributed by atoms with E-state index < -0.39 is 23.6 Å². The van der Waals surface area contributed by atoms with E-state index in [0.717, 1.165) is 18.6 Å². The Morgan fingerprint density at radius 3 is 2.76 bits per heavy atom. The molecule has 0 bridgehead atoms. The van der Waals surface area contributed by atoms with Gasteiger partial charge in [-0.25, -0.2) is 4.39 Å². The van der Waals surface area contributed by atoms with E-state index >= 15 is 0 Å². The van der Waals surface area contributed by atoms with E-state index in [1.54, 1.807) is 4.90 Å². The average Bonchev–Trinajstić information content (AvgIpc) is 2.87. The molecule has 2 rings (SSSR count). The number of carbonyl (C=O) groups excluding carboxylic acids is 1. The van der Waals surface area contributed by atoms with Crippen LogP contribution in [0.25, 0.3) is 0 Å². The molecule has 1 aromatic carbocycles. The maximum atomic E-state index is 13.1. The molecule has 1 unspecified atom stereocenters. The lowest BCUT2D eigenvalue weighted by molar-refractivity contribution is -0.138. The molecule has 1 amide bonds. The summed E-state index contributed by atoms with van der Waals surface area (Å²) in [6.07, 6.45) is -3.25. The lowest BCUT2D eigenvalue weighted by atomic mass is 10.1. The number of carbonyl (C=O) groups is 1. The Bertz CT molecular complexity index is 530. The smallest absolute Gasteiger partial charge is 0.358 e. The van der Waals surface area contributed by atoms with Gasteiger partial charge in [0, 0.05) is 13.6 Å². The van der Waals surface area contributed by atoms with Gasteiger partial charge in [-0.3, -0.25) is 9.69 Å². The van der Waals surface area contributed by atoms with Crippen LogP contribution in [0.4, 0.5) is 17.6 Å². The van der Waals surface area contributed by atoms with Crippen molar-refractivity contribution in [3.8, 4) is 0 Å². The van der Waals surface area contributed by atoms with Gasteiger partial charge in [0.25, 0.3) is 0 Å². The number of hydrogen-bond donors (Lipinski definition) is 1. The van der Waals surface area contributed by atoms with Crippen LogP contribution in [0.5, 0.6) is 0 Å². The first kappa shape index (κ1) is 15.8. The molecule has 0 aromatic heterocycles. The number of alkyl halides is 3. The lowest BCUT2D eigenvalue weighted by Gasteiger charge is -2.24. The molecule has 1 aromatic rings. The molecule has 1 fully saturated rings. The van der Waals surface area contributed by atoms with Gasteiger partial charge in [0.05, 0.1) is 11.6 Å². The van der Waals surface area contributed by atoms with Gasteiger partial charge >= 0.3 is 6.18 Å². The van der Waals surface area contributed by atoms with Gasteiger partial charge in [-0.1, -0.05) is 6.07 Å². The van der Waals surface area contributed by atoms with Crippen LogP contribution in [0, 0.1) is 5.82 Å². The number of nitrogens with one attached hydrogen (secondary N) is 1. The number of rotatable bonds is 3. The summed E-state index contributed by atoms with van der Waals surface area (Å²) in [4.78, 5) is 13.4. The molecule has 116 valence electrons. The first-order chi connectivity index (χ1) is 9.82. The number of likely N-dealkylation sites (N-methyl/N-ethyl adjacent to an activating group) is 1. The molecule has 1 heterocycles. The van der Waals surface area contributed by atoms with Crippen molar-refractivity contribution < 1.29 is 22.4 Å². The summed E-state index contributed by atoms with van der Waals surface area (Å²) in [5.41, 5.74) is -0.996. The van der Waals surface area contributed by atoms with Crippen molar-refractivity contribution in [2.75, 3.05) is 13.6 Å². The molecule has 0 radical (unpaired) electrons. The van der Waals surface area contributed by atoms with Crippen molar-refractivity contribution in [2.24, 2.45) is 0 Å². The molecule has 0 saturated carbocycles. The van der Waals surface area contributed by atoms with E-state index in [1.807, 2.05) is 0 Å². The Hall–Kier alpha value is -1.63. The zero-order valence-corrected chi connectivity index (χ0v) is 11.5. The second-order valence-electron chi connectivity index (χ2n) is 5.04. The van der Waals surface area contributed by atoms with Crippen molar-refractivity contribution in [1.29, 1.82) is 0 Å². The molecule has 1 aliphatic heterocycles. The molecule has 0 aliphatic carbocycles. The number of benzene rings is 1. The van der Waals surface area contributed by atoms with Crippen LogP contribution in [0.1, 0.15) is 24.0 Å². The van der Waals surface area contributed by atoms with Crippen LogP contribution < -0.4 is 5.32 Å². The third-order valence-electron chi connectivity index (χ3n) is 3.66. The van der Waals surface area contributed by atoms with E-state index in [1.165, 1.54) is 7.05 Å². The van der Waals surface area contributed by atoms with Crippen LogP contribution in [-0.2, 0) is 17.5 Å². The third kappa shape index (κ3) is 3.53. The number of nitrogens with zero attached hydrogens (tertiary/aromatic N) is 1. The predicted molar refractivity (Wildman–Crippen MR) is 68.9 cm³/mol. The van der Waals surface area contributed by atoms with E-state index in [9.17, 15) is 22.4 Å². The van der Waals surface area contributed by atoms with E-state index in [0.29, 0.717) is 19.0 Å². The van der Waals surface area contributed by atoms with E-state index in [4.69, 9.17) is 0 Å². The van der Waals surface area contributed by atoms with E-state index in [-0.39, 0.29) is 18.0 Å². The fraction of sp³-hybridized carbons (Fsp3) is 0.500. The minimum Gasteiger partial charge on any atom is -0.358 e. The molecule has 3 nitrogen and oxygen atoms in total. The summed E-state index contributed by atoms with van der Waals surface area (Å²) in [6.45, 7) is 0.528. The number of hydrogen-bond acceptors (Lipinski definition) is 2. The first-order valence-electron chi connectivity index (χ1n) is 6.64. The van der Waals surface area contributed by atoms with Gasteiger partial charge < -0.3 is 5.32 Å². The highest BCUT2D eigenvalue weighted by atomic mass is 19.4. The Kier molecular flexibility index (Phi) is 4.51. The van der Waals surface area contributed by atoms with Crippen LogP contribution in [0.3, 0.4) is 0 Å². The normalized spacial score (nSPS) is 19.8. The summed E-state index contributed by atoms with van der Waals surface area (Å²) in [5.74, 6) is -1.13. The number of amides is 1. The van der Waals surface area contributed by atoms with Crippen molar-refractivity contribution in [1.82, 2.24) is 10.2 Å². The zero-order valence-electron chi connectivity index (χ0n) is 11.5. The zero-order chi connectivity index (χ0) is 15.6. The monoisotopic (exact) mass is 304 g/mol. The first-order valence-corrected chi connectivity index (χ1v) is 6.64. The second-order valence-corrected chi connectivity index (χ2v) is 5.04. The Labute approximate surface area is 119 Å². The van der Waals surface area contributed by atoms with E-state index in [2.05, 4.69) is 5.32 Å². The van der Waals surface area contributed by atoms with Crippen LogP contribution in [0.2, 0.25) is 0 Å². The Balaban J connectivity index is 2.25. The van der Waals surface area contributed by atoms with Gasteiger partial charge in [0.1, 0.15) is 5.82 Å². The van der Waals surface area contributed by atoms with Gasteiger partial charge in [-0.05, 0) is 37.1 Å². The fourth-order valence-corrected chi connectivity index (χ4v) is 2.65. The van der Waals surface area contributed by atoms with Crippen LogP contribution >= 0.6 is 0 Å². The minimum absolute atomic E-state index is 0.0142. The molecule has 21 heavy (non-hydrogen) atoms. The molecule has 0 spiro atoms. The van der Waals surface area contributed by atoms with Crippen molar-refractivity contribution >= 4 is 5.91 Å². The van der Waals surface area contributed by atoms with Crippen LogP contribution in [-0.4, -0.2) is 30.4 Å². The van der Waals surface area contributed by atoms with Crippen LogP contribution in [0.15, 0.2) is 18.2 Å². The van der Waals surface area contributed by atoms with Gasteiger partial charge in [0.2, 0.25) is 5.91 Å². The summed E-state index contributed by atoms with van der Waals surface area (Å²) in [7, 11) is 1.50. The largest absolute Gasteiger partial charge is 0.416 e. The van der Waals surface area contributed by atoms with Gasteiger partial charge in [-0.15, -0.1) is 0 Å². The SMILES string of the molecule is CNC(=O)C1CCCN1Cc1ccc(F)cc1C(F)(F)F. The standard InChI is InChI=1S/C14H16F4N2O/c1-19-13(21)12-3-2-6-20(12)8-9-4-5-10(15)7-11(9)14(16,17)18/h4-5,7,12H,2-3,6,8H2,1H3,(H,19,21).